The summed E-state index contributed by atoms with van der Waals surface area (Å²) in [5.41, 5.74) is 0.136. The fraction of sp³-hybridized carbons (Fsp3) is 0. The van der Waals surface area contributed by atoms with E-state index < -0.39 is 11.6 Å². The summed E-state index contributed by atoms with van der Waals surface area (Å²) >= 11 is 3.02. The second-order valence-electron chi connectivity index (χ2n) is 3.27. The Balaban J connectivity index is 2.44. The Bertz CT molecular complexity index is 640. The van der Waals surface area contributed by atoms with Crippen LogP contribution in [0.5, 0.6) is 11.6 Å². The van der Waals surface area contributed by atoms with Crippen LogP contribution >= 0.6 is 15.9 Å². The molecular weight excluding hydrogens is 306 g/mol. The van der Waals surface area contributed by atoms with Crippen molar-refractivity contribution in [3.05, 3.63) is 52.1 Å². The normalized spacial score (nSPS) is 9.89. The number of hydrogen-bond donors (Lipinski definition) is 0. The highest BCUT2D eigenvalue weighted by molar-refractivity contribution is 9.10. The molecule has 6 heteroatoms. The van der Waals surface area contributed by atoms with E-state index in [1.165, 1.54) is 18.3 Å². The highest BCUT2D eigenvalue weighted by Crippen LogP contribution is 2.29. The molecule has 90 valence electrons. The van der Waals surface area contributed by atoms with E-state index in [4.69, 9.17) is 10.00 Å². The van der Waals surface area contributed by atoms with E-state index in [1.807, 2.05) is 6.07 Å². The molecule has 1 aromatic carbocycles. The molecule has 18 heavy (non-hydrogen) atoms. The third kappa shape index (κ3) is 2.46. The zero-order valence-corrected chi connectivity index (χ0v) is 10.4. The van der Waals surface area contributed by atoms with E-state index in [9.17, 15) is 8.78 Å². The Kier molecular flexibility index (Phi) is 3.53. The molecule has 1 heterocycles. The van der Waals surface area contributed by atoms with Gasteiger partial charge in [-0.2, -0.15) is 9.65 Å². The van der Waals surface area contributed by atoms with Gasteiger partial charge in [-0.1, -0.05) is 15.9 Å². The number of pyridine rings is 1. The Morgan fingerprint density at radius 1 is 1.33 bits per heavy atom. The van der Waals surface area contributed by atoms with Gasteiger partial charge in [-0.15, -0.1) is 0 Å². The molecule has 3 nitrogen and oxygen atoms in total. The first-order valence-electron chi connectivity index (χ1n) is 4.79. The minimum Gasteiger partial charge on any atom is -0.434 e. The third-order valence-corrected chi connectivity index (χ3v) is 2.52. The van der Waals surface area contributed by atoms with E-state index in [1.54, 1.807) is 6.07 Å². The summed E-state index contributed by atoms with van der Waals surface area (Å²) in [6.07, 6.45) is 1.39. The molecular formula is C12H5BrF2N2O. The molecule has 2 rings (SSSR count). The lowest BCUT2D eigenvalue weighted by Crippen LogP contribution is -1.96. The lowest BCUT2D eigenvalue weighted by atomic mass is 10.3. The van der Waals surface area contributed by atoms with Gasteiger partial charge in [0.25, 0.3) is 0 Å². The van der Waals surface area contributed by atoms with Gasteiger partial charge in [0, 0.05) is 10.7 Å². The van der Waals surface area contributed by atoms with Crippen LogP contribution < -0.4 is 4.74 Å². The molecule has 1 aromatic heterocycles. The second-order valence-corrected chi connectivity index (χ2v) is 4.19. The van der Waals surface area contributed by atoms with Gasteiger partial charge in [-0.3, -0.25) is 0 Å². The quantitative estimate of drug-likeness (QED) is 0.793. The van der Waals surface area contributed by atoms with Crippen molar-refractivity contribution in [3.8, 4) is 17.7 Å². The molecule has 0 aliphatic heterocycles. The monoisotopic (exact) mass is 310 g/mol. The number of nitrogens with zero attached hydrogens (tertiary/aromatic N) is 2. The van der Waals surface area contributed by atoms with Crippen LogP contribution in [0.3, 0.4) is 0 Å². The molecule has 0 N–H and O–H groups in total. The van der Waals surface area contributed by atoms with Crippen LogP contribution in [0.15, 0.2) is 34.9 Å². The molecule has 0 aliphatic rings. The van der Waals surface area contributed by atoms with Crippen molar-refractivity contribution in [3.63, 3.8) is 0 Å². The summed E-state index contributed by atoms with van der Waals surface area (Å²) in [6.45, 7) is 0. The van der Waals surface area contributed by atoms with Crippen LogP contribution in [0, 0.1) is 23.0 Å². The first kappa shape index (κ1) is 12.5. The number of aromatic nitrogens is 1. The maximum absolute atomic E-state index is 13.5. The standard InChI is InChI=1S/C12H5BrF2N2O/c13-8-4-9(14)11(15)10(5-8)18-12-7(6-16)2-1-3-17-12/h1-5H. The van der Waals surface area contributed by atoms with E-state index >= 15 is 0 Å². The van der Waals surface area contributed by atoms with Crippen molar-refractivity contribution >= 4 is 15.9 Å². The molecule has 0 saturated carbocycles. The first-order valence-corrected chi connectivity index (χ1v) is 5.58. The summed E-state index contributed by atoms with van der Waals surface area (Å²) in [5.74, 6) is -2.59. The average molecular weight is 311 g/mol. The van der Waals surface area contributed by atoms with Gasteiger partial charge in [0.1, 0.15) is 11.6 Å². The number of rotatable bonds is 2. The lowest BCUT2D eigenvalue weighted by molar-refractivity contribution is 0.404. The Morgan fingerprint density at radius 2 is 2.11 bits per heavy atom. The summed E-state index contributed by atoms with van der Waals surface area (Å²) in [7, 11) is 0. The van der Waals surface area contributed by atoms with Gasteiger partial charge in [-0.05, 0) is 24.3 Å². The van der Waals surface area contributed by atoms with Crippen molar-refractivity contribution in [1.82, 2.24) is 4.98 Å². The van der Waals surface area contributed by atoms with Crippen LogP contribution in [0.25, 0.3) is 0 Å². The lowest BCUT2D eigenvalue weighted by Gasteiger charge is -2.07. The topological polar surface area (TPSA) is 45.9 Å². The summed E-state index contributed by atoms with van der Waals surface area (Å²) in [4.78, 5) is 3.80. The molecule has 0 spiro atoms. The molecule has 0 saturated heterocycles. The van der Waals surface area contributed by atoms with Crippen LogP contribution in [0.4, 0.5) is 8.78 Å². The molecule has 0 amide bonds. The molecule has 0 atom stereocenters. The van der Waals surface area contributed by atoms with E-state index in [0.29, 0.717) is 4.47 Å². The van der Waals surface area contributed by atoms with Crippen LogP contribution in [0.2, 0.25) is 0 Å². The molecule has 0 bridgehead atoms. The van der Waals surface area contributed by atoms with Gasteiger partial charge in [0.15, 0.2) is 11.6 Å². The molecule has 0 radical (unpaired) electrons. The fourth-order valence-electron chi connectivity index (χ4n) is 1.27. The van der Waals surface area contributed by atoms with E-state index in [2.05, 4.69) is 20.9 Å². The second kappa shape index (κ2) is 5.10. The van der Waals surface area contributed by atoms with Crippen molar-refractivity contribution in [2.75, 3.05) is 0 Å². The van der Waals surface area contributed by atoms with Crippen molar-refractivity contribution in [2.24, 2.45) is 0 Å². The summed E-state index contributed by atoms with van der Waals surface area (Å²) in [5, 5.41) is 8.83. The summed E-state index contributed by atoms with van der Waals surface area (Å²) in [6, 6.07) is 7.10. The average Bonchev–Trinajstić information content (AvgIpc) is 2.36. The van der Waals surface area contributed by atoms with Crippen LogP contribution in [-0.4, -0.2) is 4.98 Å². The van der Waals surface area contributed by atoms with E-state index in [-0.39, 0.29) is 17.2 Å². The van der Waals surface area contributed by atoms with Crippen molar-refractivity contribution < 1.29 is 13.5 Å². The fourth-order valence-corrected chi connectivity index (χ4v) is 1.68. The SMILES string of the molecule is N#Cc1cccnc1Oc1cc(Br)cc(F)c1F. The van der Waals surface area contributed by atoms with Crippen LogP contribution in [-0.2, 0) is 0 Å². The van der Waals surface area contributed by atoms with Crippen molar-refractivity contribution in [2.45, 2.75) is 0 Å². The Labute approximate surface area is 110 Å². The Hall–Kier alpha value is -2.00. The van der Waals surface area contributed by atoms with Gasteiger partial charge in [-0.25, -0.2) is 9.37 Å². The van der Waals surface area contributed by atoms with E-state index in [0.717, 1.165) is 6.07 Å². The maximum atomic E-state index is 13.5. The zero-order valence-electron chi connectivity index (χ0n) is 8.82. The van der Waals surface area contributed by atoms with Gasteiger partial charge in [0.05, 0.1) is 0 Å². The maximum Gasteiger partial charge on any atom is 0.237 e. The molecule has 0 fully saturated rings. The smallest absolute Gasteiger partial charge is 0.237 e. The minimum atomic E-state index is -1.13. The number of ether oxygens (including phenoxy) is 1. The number of benzene rings is 1. The van der Waals surface area contributed by atoms with Gasteiger partial charge >= 0.3 is 0 Å². The minimum absolute atomic E-state index is 0.0728. The number of nitriles is 1. The predicted octanol–water partition coefficient (Wildman–Crippen LogP) is 3.79. The largest absolute Gasteiger partial charge is 0.434 e. The van der Waals surface area contributed by atoms with Crippen LogP contribution in [0.1, 0.15) is 5.56 Å². The van der Waals surface area contributed by atoms with Crippen molar-refractivity contribution in [1.29, 1.82) is 5.26 Å². The predicted molar refractivity (Wildman–Crippen MR) is 63.1 cm³/mol. The number of halogens is 3. The molecule has 0 unspecified atom stereocenters. The highest BCUT2D eigenvalue weighted by atomic mass is 79.9. The van der Waals surface area contributed by atoms with Gasteiger partial charge < -0.3 is 4.74 Å². The molecule has 2 aromatic rings. The summed E-state index contributed by atoms with van der Waals surface area (Å²) < 4.78 is 32.1. The first-order chi connectivity index (χ1) is 8.61. The number of hydrogen-bond acceptors (Lipinski definition) is 3. The third-order valence-electron chi connectivity index (χ3n) is 2.06. The van der Waals surface area contributed by atoms with Gasteiger partial charge in [0.2, 0.25) is 11.7 Å². The zero-order chi connectivity index (χ0) is 13.1. The Morgan fingerprint density at radius 3 is 2.83 bits per heavy atom. The highest BCUT2D eigenvalue weighted by Gasteiger charge is 2.14. The molecule has 0 aliphatic carbocycles.